The second-order valence-electron chi connectivity index (χ2n) is 5.38. The molecule has 0 fully saturated rings. The number of ether oxygens (including phenoxy) is 1. The first kappa shape index (κ1) is 13.6. The van der Waals surface area contributed by atoms with Gasteiger partial charge < -0.3 is 4.74 Å². The Balaban J connectivity index is 2.04. The van der Waals surface area contributed by atoms with Crippen LogP contribution in [-0.4, -0.2) is 4.98 Å². The van der Waals surface area contributed by atoms with Gasteiger partial charge in [0.15, 0.2) is 0 Å². The van der Waals surface area contributed by atoms with Crippen LogP contribution in [-0.2, 0) is 6.42 Å². The van der Waals surface area contributed by atoms with Crippen molar-refractivity contribution in [2.45, 2.75) is 27.2 Å². The number of aryl methyl sites for hydroxylation is 3. The van der Waals surface area contributed by atoms with Gasteiger partial charge in [-0.15, -0.1) is 0 Å². The number of hydrogen-bond donors (Lipinski definition) is 0. The summed E-state index contributed by atoms with van der Waals surface area (Å²) in [7, 11) is 0. The van der Waals surface area contributed by atoms with Crippen LogP contribution in [0.3, 0.4) is 0 Å². The van der Waals surface area contributed by atoms with Crippen LogP contribution in [0.2, 0.25) is 0 Å². The summed E-state index contributed by atoms with van der Waals surface area (Å²) >= 11 is 0. The molecule has 0 bridgehead atoms. The Morgan fingerprint density at radius 3 is 2.43 bits per heavy atom. The molecule has 0 saturated carbocycles. The highest BCUT2D eigenvalue weighted by molar-refractivity contribution is 5.86. The number of hydrogen-bond acceptors (Lipinski definition) is 2. The van der Waals surface area contributed by atoms with Crippen LogP contribution in [0.4, 0.5) is 0 Å². The number of nitrogens with zero attached hydrogens (tertiary/aromatic N) is 1. The largest absolute Gasteiger partial charge is 0.457 e. The quantitative estimate of drug-likeness (QED) is 0.656. The summed E-state index contributed by atoms with van der Waals surface area (Å²) in [6, 6.07) is 16.5. The monoisotopic (exact) mass is 277 g/mol. The molecule has 0 spiro atoms. The minimum Gasteiger partial charge on any atom is -0.457 e. The van der Waals surface area contributed by atoms with Gasteiger partial charge in [0.05, 0.1) is 5.52 Å². The molecule has 0 aliphatic heterocycles. The average Bonchev–Trinajstić information content (AvgIpc) is 2.49. The van der Waals surface area contributed by atoms with Crippen molar-refractivity contribution in [2.75, 3.05) is 0 Å². The third-order valence-corrected chi connectivity index (χ3v) is 3.61. The summed E-state index contributed by atoms with van der Waals surface area (Å²) in [6.45, 7) is 6.23. The van der Waals surface area contributed by atoms with E-state index >= 15 is 0 Å². The van der Waals surface area contributed by atoms with Crippen LogP contribution in [0.15, 0.2) is 48.5 Å². The topological polar surface area (TPSA) is 22.1 Å². The second-order valence-corrected chi connectivity index (χ2v) is 5.38. The highest BCUT2D eigenvalue weighted by Crippen LogP contribution is 2.30. The number of benzene rings is 2. The number of fused-ring (bicyclic) bond motifs is 1. The van der Waals surface area contributed by atoms with Crippen molar-refractivity contribution in [1.29, 1.82) is 0 Å². The van der Waals surface area contributed by atoms with Crippen molar-refractivity contribution in [2.24, 2.45) is 0 Å². The molecule has 2 heteroatoms. The van der Waals surface area contributed by atoms with Crippen LogP contribution in [0.5, 0.6) is 11.5 Å². The SMILES string of the molecule is CCc1ccc(Oc2cc(C)nc3ccc(C)cc23)cc1. The molecular formula is C19H19NO. The summed E-state index contributed by atoms with van der Waals surface area (Å²) in [5, 5.41) is 1.06. The molecule has 2 aromatic carbocycles. The summed E-state index contributed by atoms with van der Waals surface area (Å²) < 4.78 is 6.09. The number of pyridine rings is 1. The molecule has 0 amide bonds. The summed E-state index contributed by atoms with van der Waals surface area (Å²) in [5.74, 6) is 1.73. The Labute approximate surface area is 125 Å². The highest BCUT2D eigenvalue weighted by atomic mass is 16.5. The summed E-state index contributed by atoms with van der Waals surface area (Å²) in [4.78, 5) is 4.57. The molecular weight excluding hydrogens is 258 g/mol. The molecule has 0 unspecified atom stereocenters. The molecule has 0 aliphatic rings. The Hall–Kier alpha value is -2.35. The van der Waals surface area contributed by atoms with Crippen molar-refractivity contribution in [3.8, 4) is 11.5 Å². The molecule has 2 nitrogen and oxygen atoms in total. The summed E-state index contributed by atoms with van der Waals surface area (Å²) in [6.07, 6.45) is 1.04. The maximum atomic E-state index is 6.09. The van der Waals surface area contributed by atoms with Gasteiger partial charge >= 0.3 is 0 Å². The Kier molecular flexibility index (Phi) is 3.61. The number of aromatic nitrogens is 1. The molecule has 0 radical (unpaired) electrons. The maximum Gasteiger partial charge on any atom is 0.138 e. The van der Waals surface area contributed by atoms with Crippen LogP contribution in [0, 0.1) is 13.8 Å². The van der Waals surface area contributed by atoms with Crippen LogP contribution < -0.4 is 4.74 Å². The minimum atomic E-state index is 0.862. The Morgan fingerprint density at radius 1 is 0.952 bits per heavy atom. The molecule has 0 aliphatic carbocycles. The lowest BCUT2D eigenvalue weighted by atomic mass is 10.1. The molecule has 0 N–H and O–H groups in total. The van der Waals surface area contributed by atoms with Crippen LogP contribution in [0.1, 0.15) is 23.7 Å². The van der Waals surface area contributed by atoms with Crippen molar-refractivity contribution in [3.63, 3.8) is 0 Å². The molecule has 0 saturated heterocycles. The van der Waals surface area contributed by atoms with Gasteiger partial charge in [-0.05, 0) is 50.1 Å². The normalized spacial score (nSPS) is 10.8. The van der Waals surface area contributed by atoms with E-state index in [0.29, 0.717) is 0 Å². The first-order valence-electron chi connectivity index (χ1n) is 7.30. The molecule has 3 aromatic rings. The lowest BCUT2D eigenvalue weighted by molar-refractivity contribution is 0.487. The Morgan fingerprint density at radius 2 is 1.71 bits per heavy atom. The van der Waals surface area contributed by atoms with Crippen LogP contribution >= 0.6 is 0 Å². The van der Waals surface area contributed by atoms with Gasteiger partial charge in [0.25, 0.3) is 0 Å². The van der Waals surface area contributed by atoms with Gasteiger partial charge in [0.2, 0.25) is 0 Å². The van der Waals surface area contributed by atoms with Crippen molar-refractivity contribution in [3.05, 3.63) is 65.4 Å². The third kappa shape index (κ3) is 2.89. The van der Waals surface area contributed by atoms with Gasteiger partial charge in [-0.3, -0.25) is 4.98 Å². The molecule has 0 atom stereocenters. The van der Waals surface area contributed by atoms with E-state index in [4.69, 9.17) is 4.74 Å². The molecule has 3 rings (SSSR count). The van der Waals surface area contributed by atoms with Crippen LogP contribution in [0.25, 0.3) is 10.9 Å². The van der Waals surface area contributed by atoms with Crippen molar-refractivity contribution in [1.82, 2.24) is 4.98 Å². The van der Waals surface area contributed by atoms with E-state index in [1.807, 2.05) is 31.2 Å². The molecule has 106 valence electrons. The zero-order valence-corrected chi connectivity index (χ0v) is 12.7. The first-order chi connectivity index (χ1) is 10.2. The van der Waals surface area contributed by atoms with Gasteiger partial charge in [-0.2, -0.15) is 0 Å². The van der Waals surface area contributed by atoms with E-state index in [-0.39, 0.29) is 0 Å². The fourth-order valence-corrected chi connectivity index (χ4v) is 2.44. The van der Waals surface area contributed by atoms with E-state index in [2.05, 4.69) is 43.1 Å². The van der Waals surface area contributed by atoms with E-state index < -0.39 is 0 Å². The average molecular weight is 277 g/mol. The number of rotatable bonds is 3. The standard InChI is InChI=1S/C19H19NO/c1-4-15-6-8-16(9-7-15)21-19-12-14(3)20-18-10-5-13(2)11-17(18)19/h5-12H,4H2,1-3H3. The molecule has 21 heavy (non-hydrogen) atoms. The van der Waals surface area contributed by atoms with Gasteiger partial charge in [-0.25, -0.2) is 0 Å². The Bertz CT molecular complexity index is 775. The van der Waals surface area contributed by atoms with Crippen molar-refractivity contribution >= 4 is 10.9 Å². The van der Waals surface area contributed by atoms with Gasteiger partial charge in [-0.1, -0.05) is 30.7 Å². The van der Waals surface area contributed by atoms with Gasteiger partial charge in [0.1, 0.15) is 11.5 Å². The lowest BCUT2D eigenvalue weighted by Gasteiger charge is -2.11. The second kappa shape index (κ2) is 5.57. The summed E-state index contributed by atoms with van der Waals surface area (Å²) in [5.41, 5.74) is 4.46. The zero-order chi connectivity index (χ0) is 14.8. The first-order valence-corrected chi connectivity index (χ1v) is 7.30. The van der Waals surface area contributed by atoms with Gasteiger partial charge in [0, 0.05) is 17.1 Å². The predicted molar refractivity (Wildman–Crippen MR) is 87.1 cm³/mol. The van der Waals surface area contributed by atoms with E-state index in [1.54, 1.807) is 0 Å². The fraction of sp³-hybridized carbons (Fsp3) is 0.211. The third-order valence-electron chi connectivity index (χ3n) is 3.61. The van der Waals surface area contributed by atoms with Crippen molar-refractivity contribution < 1.29 is 4.74 Å². The fourth-order valence-electron chi connectivity index (χ4n) is 2.44. The maximum absolute atomic E-state index is 6.09. The highest BCUT2D eigenvalue weighted by Gasteiger charge is 2.07. The molecule has 1 heterocycles. The van der Waals surface area contributed by atoms with E-state index in [9.17, 15) is 0 Å². The molecule has 1 aromatic heterocycles. The zero-order valence-electron chi connectivity index (χ0n) is 12.7. The lowest BCUT2D eigenvalue weighted by Crippen LogP contribution is -1.91. The smallest absolute Gasteiger partial charge is 0.138 e. The minimum absolute atomic E-state index is 0.862. The predicted octanol–water partition coefficient (Wildman–Crippen LogP) is 5.21. The van der Waals surface area contributed by atoms with E-state index in [0.717, 1.165) is 34.5 Å². The van der Waals surface area contributed by atoms with E-state index in [1.165, 1.54) is 11.1 Å².